The van der Waals surface area contributed by atoms with E-state index in [2.05, 4.69) is 28.4 Å². The number of ether oxygens (including phenoxy) is 1. The van der Waals surface area contributed by atoms with Gasteiger partial charge in [0.1, 0.15) is 0 Å². The molecular weight excluding hydrogens is 368 g/mol. The maximum atomic E-state index is 11.7. The fourth-order valence-electron chi connectivity index (χ4n) is 2.73. The average Bonchev–Trinajstić information content (AvgIpc) is 2.93. The Morgan fingerprint density at radius 1 is 1.27 bits per heavy atom. The zero-order chi connectivity index (χ0) is 18.5. The van der Waals surface area contributed by atoms with E-state index < -0.39 is 0 Å². The van der Waals surface area contributed by atoms with Crippen molar-refractivity contribution in [2.75, 3.05) is 30.5 Å². The molecule has 26 heavy (non-hydrogen) atoms. The number of ketones is 1. The topological polar surface area (TPSA) is 41.6 Å². The van der Waals surface area contributed by atoms with E-state index in [1.807, 2.05) is 24.3 Å². The van der Waals surface area contributed by atoms with E-state index in [1.165, 1.54) is 0 Å². The van der Waals surface area contributed by atoms with Crippen LogP contribution >= 0.6 is 23.4 Å². The van der Waals surface area contributed by atoms with Crippen molar-refractivity contribution < 1.29 is 9.53 Å². The first-order valence-corrected chi connectivity index (χ1v) is 9.55. The number of hydrogen-bond donors (Lipinski definition) is 1. The van der Waals surface area contributed by atoms with Crippen LogP contribution in [0.1, 0.15) is 12.5 Å². The lowest BCUT2D eigenvalue weighted by molar-refractivity contribution is -0.112. The van der Waals surface area contributed by atoms with E-state index in [0.29, 0.717) is 18.2 Å². The second-order valence-electron chi connectivity index (χ2n) is 6.01. The smallest absolute Gasteiger partial charge is 0.155 e. The zero-order valence-corrected chi connectivity index (χ0v) is 16.4. The van der Waals surface area contributed by atoms with Gasteiger partial charge in [0.05, 0.1) is 17.3 Å². The number of benzene rings is 2. The standard InChI is InChI=1S/C20H21ClN2O2S/c1-14(24)11-20-23(13-15-3-5-16(21)6-4-15)18-12-17(22-9-10-25-2)7-8-19(18)26-20/h3-8,11-12,22H,9-10,13H2,1-2H3. The van der Waals surface area contributed by atoms with E-state index in [-0.39, 0.29) is 5.78 Å². The molecule has 0 radical (unpaired) electrons. The summed E-state index contributed by atoms with van der Waals surface area (Å²) in [4.78, 5) is 15.0. The molecule has 6 heteroatoms. The fourth-order valence-corrected chi connectivity index (χ4v) is 3.98. The third kappa shape index (κ3) is 4.61. The van der Waals surface area contributed by atoms with Gasteiger partial charge in [-0.15, -0.1) is 0 Å². The Morgan fingerprint density at radius 3 is 2.73 bits per heavy atom. The molecule has 0 aliphatic carbocycles. The van der Waals surface area contributed by atoms with Crippen LogP contribution < -0.4 is 10.2 Å². The number of carbonyl (C=O) groups excluding carboxylic acids is 1. The molecule has 0 saturated heterocycles. The predicted octanol–water partition coefficient (Wildman–Crippen LogP) is 4.94. The summed E-state index contributed by atoms with van der Waals surface area (Å²) < 4.78 is 5.09. The number of halogens is 1. The monoisotopic (exact) mass is 388 g/mol. The number of carbonyl (C=O) groups is 1. The van der Waals surface area contributed by atoms with Gasteiger partial charge in [-0.25, -0.2) is 0 Å². The van der Waals surface area contributed by atoms with Crippen LogP contribution in [0.3, 0.4) is 0 Å². The molecule has 1 aliphatic heterocycles. The molecule has 0 spiro atoms. The van der Waals surface area contributed by atoms with Gasteiger partial charge in [-0.1, -0.05) is 35.5 Å². The number of anilines is 2. The van der Waals surface area contributed by atoms with Crippen molar-refractivity contribution in [2.24, 2.45) is 0 Å². The molecule has 0 atom stereocenters. The Hall–Kier alpha value is -1.95. The van der Waals surface area contributed by atoms with E-state index in [4.69, 9.17) is 16.3 Å². The van der Waals surface area contributed by atoms with E-state index in [0.717, 1.165) is 33.4 Å². The second-order valence-corrected chi connectivity index (χ2v) is 7.51. The van der Waals surface area contributed by atoms with Gasteiger partial charge in [0, 0.05) is 41.9 Å². The van der Waals surface area contributed by atoms with Gasteiger partial charge in [-0.2, -0.15) is 0 Å². The molecule has 136 valence electrons. The van der Waals surface area contributed by atoms with Crippen molar-refractivity contribution in [1.82, 2.24) is 0 Å². The van der Waals surface area contributed by atoms with Crippen LogP contribution in [0.25, 0.3) is 0 Å². The number of allylic oxidation sites excluding steroid dienone is 1. The molecule has 0 fully saturated rings. The van der Waals surface area contributed by atoms with Crippen molar-refractivity contribution in [3.8, 4) is 0 Å². The van der Waals surface area contributed by atoms with Crippen molar-refractivity contribution in [3.63, 3.8) is 0 Å². The molecule has 0 aromatic heterocycles. The van der Waals surface area contributed by atoms with Gasteiger partial charge in [-0.05, 0) is 42.8 Å². The quantitative estimate of drug-likeness (QED) is 0.537. The third-order valence-corrected chi connectivity index (χ3v) is 5.31. The average molecular weight is 389 g/mol. The lowest BCUT2D eigenvalue weighted by Crippen LogP contribution is -2.18. The van der Waals surface area contributed by atoms with Gasteiger partial charge < -0.3 is 15.0 Å². The largest absolute Gasteiger partial charge is 0.383 e. The Labute approximate surface area is 163 Å². The van der Waals surface area contributed by atoms with Gasteiger partial charge >= 0.3 is 0 Å². The summed E-state index contributed by atoms with van der Waals surface area (Å²) in [6.07, 6.45) is 1.69. The maximum Gasteiger partial charge on any atom is 0.155 e. The first-order valence-electron chi connectivity index (χ1n) is 8.36. The number of nitrogens with one attached hydrogen (secondary N) is 1. The lowest BCUT2D eigenvalue weighted by Gasteiger charge is -2.21. The van der Waals surface area contributed by atoms with Crippen LogP contribution in [0.2, 0.25) is 5.02 Å². The normalized spacial score (nSPS) is 14.6. The first kappa shape index (κ1) is 18.8. The van der Waals surface area contributed by atoms with Crippen LogP contribution in [0.5, 0.6) is 0 Å². The van der Waals surface area contributed by atoms with Gasteiger partial charge in [0.25, 0.3) is 0 Å². The van der Waals surface area contributed by atoms with Gasteiger partial charge in [0.15, 0.2) is 5.78 Å². The number of thioether (sulfide) groups is 1. The number of fused-ring (bicyclic) bond motifs is 1. The fraction of sp³-hybridized carbons (Fsp3) is 0.250. The molecule has 0 unspecified atom stereocenters. The number of nitrogens with zero attached hydrogens (tertiary/aromatic N) is 1. The molecule has 3 rings (SSSR count). The zero-order valence-electron chi connectivity index (χ0n) is 14.8. The highest BCUT2D eigenvalue weighted by Crippen LogP contribution is 2.47. The number of hydrogen-bond acceptors (Lipinski definition) is 5. The summed E-state index contributed by atoms with van der Waals surface area (Å²) in [6.45, 7) is 3.65. The molecule has 1 N–H and O–H groups in total. The summed E-state index contributed by atoms with van der Waals surface area (Å²) in [5.41, 5.74) is 3.27. The van der Waals surface area contributed by atoms with E-state index in [9.17, 15) is 4.79 Å². The highest BCUT2D eigenvalue weighted by molar-refractivity contribution is 8.03. The Bertz CT molecular complexity index is 821. The SMILES string of the molecule is COCCNc1ccc2c(c1)N(Cc1ccc(Cl)cc1)C(=CC(C)=O)S2. The predicted molar refractivity (Wildman–Crippen MR) is 109 cm³/mol. The minimum Gasteiger partial charge on any atom is -0.383 e. The highest BCUT2D eigenvalue weighted by atomic mass is 35.5. The second kappa shape index (κ2) is 8.62. The van der Waals surface area contributed by atoms with Gasteiger partial charge in [-0.3, -0.25) is 4.79 Å². The van der Waals surface area contributed by atoms with Crippen molar-refractivity contribution in [2.45, 2.75) is 18.4 Å². The van der Waals surface area contributed by atoms with Crippen molar-refractivity contribution in [1.29, 1.82) is 0 Å². The molecule has 0 saturated carbocycles. The summed E-state index contributed by atoms with van der Waals surface area (Å²) in [7, 11) is 1.69. The molecule has 0 bridgehead atoms. The van der Waals surface area contributed by atoms with Gasteiger partial charge in [0.2, 0.25) is 0 Å². The molecule has 1 aliphatic rings. The number of methoxy groups -OCH3 is 1. The van der Waals surface area contributed by atoms with Crippen LogP contribution in [-0.2, 0) is 16.1 Å². The van der Waals surface area contributed by atoms with Crippen molar-refractivity contribution >= 4 is 40.5 Å². The molecule has 2 aromatic carbocycles. The minimum absolute atomic E-state index is 0.0415. The first-order chi connectivity index (χ1) is 12.6. The minimum atomic E-state index is 0.0415. The molecule has 4 nitrogen and oxygen atoms in total. The van der Waals surface area contributed by atoms with Crippen LogP contribution in [-0.4, -0.2) is 26.0 Å². The van der Waals surface area contributed by atoms with Crippen LogP contribution in [0.4, 0.5) is 11.4 Å². The third-order valence-electron chi connectivity index (χ3n) is 3.95. The number of rotatable bonds is 7. The molecule has 0 amide bonds. The summed E-state index contributed by atoms with van der Waals surface area (Å²) in [6, 6.07) is 14.1. The summed E-state index contributed by atoms with van der Waals surface area (Å²) >= 11 is 7.62. The van der Waals surface area contributed by atoms with Crippen LogP contribution in [0, 0.1) is 0 Å². The molecule has 1 heterocycles. The maximum absolute atomic E-state index is 11.7. The summed E-state index contributed by atoms with van der Waals surface area (Å²) in [5.74, 6) is 0.0415. The van der Waals surface area contributed by atoms with Crippen molar-refractivity contribution in [3.05, 3.63) is 64.2 Å². The highest BCUT2D eigenvalue weighted by Gasteiger charge is 2.26. The lowest BCUT2D eigenvalue weighted by atomic mass is 10.2. The Morgan fingerprint density at radius 2 is 2.04 bits per heavy atom. The Kier molecular flexibility index (Phi) is 6.25. The van der Waals surface area contributed by atoms with E-state index >= 15 is 0 Å². The van der Waals surface area contributed by atoms with E-state index in [1.54, 1.807) is 31.9 Å². The molecule has 2 aromatic rings. The molecular formula is C20H21ClN2O2S. The summed E-state index contributed by atoms with van der Waals surface area (Å²) in [5, 5.41) is 5.02. The Balaban J connectivity index is 1.89. The van der Waals surface area contributed by atoms with Crippen LogP contribution in [0.15, 0.2) is 58.5 Å².